The van der Waals surface area contributed by atoms with E-state index < -0.39 is 12.8 Å². The van der Waals surface area contributed by atoms with Crippen LogP contribution in [-0.4, -0.2) is 29.6 Å². The fourth-order valence-corrected chi connectivity index (χ4v) is 3.31. The molecule has 0 bridgehead atoms. The number of carbonyl (C=O) groups excluding carboxylic acids is 2. The van der Waals surface area contributed by atoms with Gasteiger partial charge in [0.1, 0.15) is 6.61 Å². The molecule has 0 fully saturated rings. The van der Waals surface area contributed by atoms with Gasteiger partial charge in [-0.1, -0.05) is 24.3 Å². The smallest absolute Gasteiger partial charge is 0.367 e. The zero-order valence-electron chi connectivity index (χ0n) is 16.3. The predicted octanol–water partition coefficient (Wildman–Crippen LogP) is 5.10. The first kappa shape index (κ1) is 22.4. The predicted molar refractivity (Wildman–Crippen MR) is 112 cm³/mol. The Bertz CT molecular complexity index is 1050. The third kappa shape index (κ3) is 6.90. The summed E-state index contributed by atoms with van der Waals surface area (Å²) < 4.78 is 40.9. The lowest BCUT2D eigenvalue weighted by Gasteiger charge is -2.08. The molecule has 3 rings (SSSR count). The van der Waals surface area contributed by atoms with Crippen molar-refractivity contribution < 1.29 is 27.5 Å². The standard InChI is InChI=1S/C21H18F3N3O3S/c1-13(28)25-17-8-6-15(7-9-17)18-11-31-20(26-18)27-19(29)16-4-2-14(3-5-16)10-30-12-21(22,23)24/h2-9,11H,10,12H2,1H3,(H,25,28)(H,26,27,29). The number of alkyl halides is 3. The molecule has 10 heteroatoms. The summed E-state index contributed by atoms with van der Waals surface area (Å²) in [5.74, 6) is -0.544. The molecule has 3 aromatic rings. The Labute approximate surface area is 180 Å². The number of hydrogen-bond donors (Lipinski definition) is 2. The molecular weight excluding hydrogens is 431 g/mol. The second-order valence-corrected chi connectivity index (χ2v) is 7.41. The average Bonchev–Trinajstić information content (AvgIpc) is 3.16. The number of rotatable bonds is 7. The third-order valence-corrected chi connectivity index (χ3v) is 4.73. The minimum Gasteiger partial charge on any atom is -0.367 e. The highest BCUT2D eigenvalue weighted by molar-refractivity contribution is 7.14. The SMILES string of the molecule is CC(=O)Nc1ccc(-c2csc(NC(=O)c3ccc(COCC(F)(F)F)cc3)n2)cc1. The number of anilines is 2. The number of aromatic nitrogens is 1. The van der Waals surface area contributed by atoms with Gasteiger partial charge in [0.15, 0.2) is 5.13 Å². The summed E-state index contributed by atoms with van der Waals surface area (Å²) in [6, 6.07) is 13.2. The molecule has 2 aromatic carbocycles. The number of nitrogens with zero attached hydrogens (tertiary/aromatic N) is 1. The Kier molecular flexibility index (Phi) is 7.03. The molecule has 1 heterocycles. The zero-order chi connectivity index (χ0) is 22.4. The highest BCUT2D eigenvalue weighted by Crippen LogP contribution is 2.26. The van der Waals surface area contributed by atoms with Gasteiger partial charge < -0.3 is 10.1 Å². The summed E-state index contributed by atoms with van der Waals surface area (Å²) in [5, 5.41) is 7.58. The summed E-state index contributed by atoms with van der Waals surface area (Å²) in [4.78, 5) is 27.9. The summed E-state index contributed by atoms with van der Waals surface area (Å²) in [7, 11) is 0. The lowest BCUT2D eigenvalue weighted by molar-refractivity contribution is -0.176. The van der Waals surface area contributed by atoms with Gasteiger partial charge in [0, 0.05) is 29.1 Å². The second kappa shape index (κ2) is 9.71. The molecule has 0 saturated carbocycles. The van der Waals surface area contributed by atoms with E-state index in [-0.39, 0.29) is 18.4 Å². The van der Waals surface area contributed by atoms with E-state index in [1.807, 2.05) is 12.1 Å². The molecule has 0 atom stereocenters. The van der Waals surface area contributed by atoms with Crippen molar-refractivity contribution in [2.45, 2.75) is 19.7 Å². The van der Waals surface area contributed by atoms with E-state index in [4.69, 9.17) is 0 Å². The maximum atomic E-state index is 12.4. The van der Waals surface area contributed by atoms with Gasteiger partial charge in [-0.2, -0.15) is 13.2 Å². The van der Waals surface area contributed by atoms with Crippen molar-refractivity contribution in [3.63, 3.8) is 0 Å². The average molecular weight is 449 g/mol. The van der Waals surface area contributed by atoms with Crippen LogP contribution in [0.3, 0.4) is 0 Å². The quantitative estimate of drug-likeness (QED) is 0.526. The van der Waals surface area contributed by atoms with E-state index in [9.17, 15) is 22.8 Å². The largest absolute Gasteiger partial charge is 0.411 e. The van der Waals surface area contributed by atoms with Crippen LogP contribution < -0.4 is 10.6 Å². The van der Waals surface area contributed by atoms with Crippen LogP contribution in [0, 0.1) is 0 Å². The number of benzene rings is 2. The van der Waals surface area contributed by atoms with Gasteiger partial charge >= 0.3 is 6.18 Å². The van der Waals surface area contributed by atoms with E-state index in [2.05, 4.69) is 20.4 Å². The molecule has 2 N–H and O–H groups in total. The highest BCUT2D eigenvalue weighted by atomic mass is 32.1. The number of halogens is 3. The molecule has 0 radical (unpaired) electrons. The summed E-state index contributed by atoms with van der Waals surface area (Å²) >= 11 is 1.26. The first-order valence-corrected chi connectivity index (χ1v) is 9.96. The second-order valence-electron chi connectivity index (χ2n) is 6.56. The summed E-state index contributed by atoms with van der Waals surface area (Å²) in [5.41, 5.74) is 3.05. The Morgan fingerprint density at radius 1 is 1.03 bits per heavy atom. The molecule has 2 amide bonds. The number of amides is 2. The van der Waals surface area contributed by atoms with Crippen molar-refractivity contribution in [3.05, 3.63) is 65.0 Å². The maximum absolute atomic E-state index is 12.4. The minimum absolute atomic E-state index is 0.159. The monoisotopic (exact) mass is 449 g/mol. The van der Waals surface area contributed by atoms with Crippen LogP contribution >= 0.6 is 11.3 Å². The summed E-state index contributed by atoms with van der Waals surface area (Å²) in [6.45, 7) is -0.0892. The fourth-order valence-electron chi connectivity index (χ4n) is 2.60. The number of thiazole rings is 1. The Hall–Kier alpha value is -3.24. The van der Waals surface area contributed by atoms with Crippen LogP contribution in [0.1, 0.15) is 22.8 Å². The van der Waals surface area contributed by atoms with E-state index in [0.29, 0.717) is 27.6 Å². The molecule has 6 nitrogen and oxygen atoms in total. The number of nitrogens with one attached hydrogen (secondary N) is 2. The van der Waals surface area contributed by atoms with Crippen LogP contribution in [0.15, 0.2) is 53.9 Å². The Balaban J connectivity index is 1.57. The van der Waals surface area contributed by atoms with Crippen molar-refractivity contribution in [1.82, 2.24) is 4.98 Å². The van der Waals surface area contributed by atoms with Gasteiger partial charge in [0.05, 0.1) is 12.3 Å². The fraction of sp³-hybridized carbons (Fsp3) is 0.190. The topological polar surface area (TPSA) is 80.3 Å². The van der Waals surface area contributed by atoms with Gasteiger partial charge in [-0.15, -0.1) is 11.3 Å². The first-order chi connectivity index (χ1) is 14.7. The van der Waals surface area contributed by atoms with Gasteiger partial charge in [-0.05, 0) is 29.8 Å². The van der Waals surface area contributed by atoms with Crippen LogP contribution in [0.25, 0.3) is 11.3 Å². The van der Waals surface area contributed by atoms with Crippen LogP contribution in [-0.2, 0) is 16.1 Å². The van der Waals surface area contributed by atoms with Crippen LogP contribution in [0.4, 0.5) is 24.0 Å². The molecule has 0 aliphatic carbocycles. The van der Waals surface area contributed by atoms with Gasteiger partial charge in [-0.3, -0.25) is 14.9 Å². The summed E-state index contributed by atoms with van der Waals surface area (Å²) in [6.07, 6.45) is -4.38. The molecular formula is C21H18F3N3O3S. The lowest BCUT2D eigenvalue weighted by Crippen LogP contribution is -2.16. The number of hydrogen-bond acceptors (Lipinski definition) is 5. The van der Waals surface area contributed by atoms with Gasteiger partial charge in [0.25, 0.3) is 5.91 Å². The van der Waals surface area contributed by atoms with E-state index in [1.165, 1.54) is 42.5 Å². The van der Waals surface area contributed by atoms with E-state index in [1.54, 1.807) is 17.5 Å². The van der Waals surface area contributed by atoms with Gasteiger partial charge in [-0.25, -0.2) is 4.98 Å². The van der Waals surface area contributed by atoms with Crippen molar-refractivity contribution in [2.75, 3.05) is 17.2 Å². The lowest BCUT2D eigenvalue weighted by atomic mass is 10.1. The minimum atomic E-state index is -4.38. The molecule has 162 valence electrons. The molecule has 0 spiro atoms. The molecule has 0 aliphatic heterocycles. The maximum Gasteiger partial charge on any atom is 0.411 e. The molecule has 0 aliphatic rings. The van der Waals surface area contributed by atoms with Crippen molar-refractivity contribution in [3.8, 4) is 11.3 Å². The van der Waals surface area contributed by atoms with Crippen molar-refractivity contribution in [2.24, 2.45) is 0 Å². The third-order valence-electron chi connectivity index (χ3n) is 3.98. The molecule has 1 aromatic heterocycles. The van der Waals surface area contributed by atoms with Crippen LogP contribution in [0.2, 0.25) is 0 Å². The van der Waals surface area contributed by atoms with E-state index >= 15 is 0 Å². The normalized spacial score (nSPS) is 11.2. The Morgan fingerprint density at radius 2 is 1.71 bits per heavy atom. The Morgan fingerprint density at radius 3 is 2.32 bits per heavy atom. The first-order valence-electron chi connectivity index (χ1n) is 9.08. The molecule has 31 heavy (non-hydrogen) atoms. The van der Waals surface area contributed by atoms with Crippen molar-refractivity contribution >= 4 is 34.0 Å². The van der Waals surface area contributed by atoms with E-state index in [0.717, 1.165) is 5.56 Å². The molecule has 0 unspecified atom stereocenters. The number of ether oxygens (including phenoxy) is 1. The van der Waals surface area contributed by atoms with Crippen LogP contribution in [0.5, 0.6) is 0 Å². The molecule has 0 saturated heterocycles. The van der Waals surface area contributed by atoms with Gasteiger partial charge in [0.2, 0.25) is 5.91 Å². The highest BCUT2D eigenvalue weighted by Gasteiger charge is 2.27. The number of carbonyl (C=O) groups is 2. The zero-order valence-corrected chi connectivity index (χ0v) is 17.1. The van der Waals surface area contributed by atoms with Crippen molar-refractivity contribution in [1.29, 1.82) is 0 Å².